The Morgan fingerprint density at radius 2 is 2.10 bits per heavy atom. The summed E-state index contributed by atoms with van der Waals surface area (Å²) in [6.45, 7) is 1.96. The van der Waals surface area contributed by atoms with Gasteiger partial charge in [-0.3, -0.25) is 0 Å². The normalized spacial score (nSPS) is 17.4. The van der Waals surface area contributed by atoms with Crippen LogP contribution in [0.15, 0.2) is 18.2 Å². The molecule has 1 aromatic rings. The molecule has 4 heteroatoms. The Labute approximate surface area is 131 Å². The van der Waals surface area contributed by atoms with E-state index in [1.165, 1.54) is 19.3 Å². The van der Waals surface area contributed by atoms with E-state index in [0.29, 0.717) is 23.1 Å². The summed E-state index contributed by atoms with van der Waals surface area (Å²) in [5.41, 5.74) is 1.07. The van der Waals surface area contributed by atoms with E-state index in [1.807, 2.05) is 19.1 Å². The Balaban J connectivity index is 2.23. The number of halogens is 1. The second-order valence-electron chi connectivity index (χ2n) is 5.75. The molecule has 0 amide bonds. The Kier molecular flexibility index (Phi) is 5.92. The predicted molar refractivity (Wildman–Crippen MR) is 84.2 cm³/mol. The second-order valence-corrected chi connectivity index (χ2v) is 6.19. The lowest BCUT2D eigenvalue weighted by atomic mass is 9.83. The van der Waals surface area contributed by atoms with Gasteiger partial charge in [0.2, 0.25) is 0 Å². The lowest BCUT2D eigenvalue weighted by Gasteiger charge is -2.25. The summed E-state index contributed by atoms with van der Waals surface area (Å²) in [5.74, 6) is 0.220. The third kappa shape index (κ3) is 4.37. The average molecular weight is 311 g/mol. The monoisotopic (exact) mass is 310 g/mol. The molecule has 0 heterocycles. The Morgan fingerprint density at radius 1 is 1.38 bits per heavy atom. The summed E-state index contributed by atoms with van der Waals surface area (Å²) in [5, 5.41) is 9.96. The standard InChI is InChI=1S/C17H23ClO3/c1-2-6-16(17(19)20)21-15-10-9-13(18)11-14(15)12-7-4-3-5-8-12/h9-12,16H,2-8H2,1H3,(H,19,20). The topological polar surface area (TPSA) is 46.5 Å². The van der Waals surface area contributed by atoms with Gasteiger partial charge in [-0.15, -0.1) is 0 Å². The van der Waals surface area contributed by atoms with Gasteiger partial charge in [0.15, 0.2) is 6.10 Å². The molecule has 0 aliphatic heterocycles. The van der Waals surface area contributed by atoms with E-state index >= 15 is 0 Å². The summed E-state index contributed by atoms with van der Waals surface area (Å²) in [4.78, 5) is 11.3. The molecule has 1 aliphatic rings. The van der Waals surface area contributed by atoms with E-state index in [0.717, 1.165) is 24.8 Å². The highest BCUT2D eigenvalue weighted by Crippen LogP contribution is 2.39. The molecule has 1 fully saturated rings. The Bertz CT molecular complexity index is 481. The molecule has 0 aromatic heterocycles. The van der Waals surface area contributed by atoms with Crippen molar-refractivity contribution in [2.24, 2.45) is 0 Å². The zero-order valence-electron chi connectivity index (χ0n) is 12.5. The predicted octanol–water partition coefficient (Wildman–Crippen LogP) is 5.02. The summed E-state index contributed by atoms with van der Waals surface area (Å²) < 4.78 is 5.80. The van der Waals surface area contributed by atoms with Crippen LogP contribution in [0.1, 0.15) is 63.4 Å². The molecule has 1 aromatic carbocycles. The number of ether oxygens (including phenoxy) is 1. The number of carboxylic acids is 1. The number of rotatable bonds is 6. The van der Waals surface area contributed by atoms with Crippen molar-refractivity contribution in [3.05, 3.63) is 28.8 Å². The maximum atomic E-state index is 11.3. The number of carbonyl (C=O) groups is 1. The molecule has 0 saturated heterocycles. The highest BCUT2D eigenvalue weighted by molar-refractivity contribution is 6.30. The van der Waals surface area contributed by atoms with Gasteiger partial charge in [0.05, 0.1) is 0 Å². The fourth-order valence-corrected chi connectivity index (χ4v) is 3.19. The van der Waals surface area contributed by atoms with Crippen molar-refractivity contribution in [3.8, 4) is 5.75 Å². The van der Waals surface area contributed by atoms with Crippen LogP contribution in [0.5, 0.6) is 5.75 Å². The van der Waals surface area contributed by atoms with Crippen LogP contribution in [0.2, 0.25) is 5.02 Å². The van der Waals surface area contributed by atoms with Crippen LogP contribution in [0.3, 0.4) is 0 Å². The molecule has 2 rings (SSSR count). The number of aliphatic carboxylic acids is 1. The minimum atomic E-state index is -0.901. The van der Waals surface area contributed by atoms with Gasteiger partial charge >= 0.3 is 5.97 Å². The largest absolute Gasteiger partial charge is 0.479 e. The third-order valence-electron chi connectivity index (χ3n) is 4.11. The lowest BCUT2D eigenvalue weighted by Crippen LogP contribution is -2.27. The highest BCUT2D eigenvalue weighted by atomic mass is 35.5. The van der Waals surface area contributed by atoms with Crippen LogP contribution < -0.4 is 4.74 Å². The quantitative estimate of drug-likeness (QED) is 0.802. The van der Waals surface area contributed by atoms with Crippen molar-refractivity contribution in [1.29, 1.82) is 0 Å². The molecule has 1 unspecified atom stereocenters. The van der Waals surface area contributed by atoms with Crippen molar-refractivity contribution in [1.82, 2.24) is 0 Å². The van der Waals surface area contributed by atoms with Crippen LogP contribution in [0.4, 0.5) is 0 Å². The van der Waals surface area contributed by atoms with Crippen molar-refractivity contribution in [2.75, 3.05) is 0 Å². The van der Waals surface area contributed by atoms with Gasteiger partial charge in [0, 0.05) is 5.02 Å². The third-order valence-corrected chi connectivity index (χ3v) is 4.35. The molecule has 116 valence electrons. The zero-order valence-corrected chi connectivity index (χ0v) is 13.2. The molecule has 0 spiro atoms. The fraction of sp³-hybridized carbons (Fsp3) is 0.588. The van der Waals surface area contributed by atoms with Gasteiger partial charge in [-0.1, -0.05) is 44.2 Å². The maximum absolute atomic E-state index is 11.3. The number of hydrogen-bond acceptors (Lipinski definition) is 2. The van der Waals surface area contributed by atoms with Crippen LogP contribution in [-0.4, -0.2) is 17.2 Å². The number of benzene rings is 1. The minimum absolute atomic E-state index is 0.434. The van der Waals surface area contributed by atoms with Gasteiger partial charge in [-0.25, -0.2) is 4.79 Å². The minimum Gasteiger partial charge on any atom is -0.479 e. The molecule has 3 nitrogen and oxygen atoms in total. The number of carboxylic acid groups (broad SMARTS) is 1. The smallest absolute Gasteiger partial charge is 0.344 e. The molecule has 0 bridgehead atoms. The SMILES string of the molecule is CCCC(Oc1ccc(Cl)cc1C1CCCCC1)C(=O)O. The first-order valence-corrected chi connectivity index (χ1v) is 8.18. The maximum Gasteiger partial charge on any atom is 0.344 e. The molecule has 1 N–H and O–H groups in total. The van der Waals surface area contributed by atoms with E-state index in [1.54, 1.807) is 6.07 Å². The van der Waals surface area contributed by atoms with E-state index in [-0.39, 0.29) is 0 Å². The molecular weight excluding hydrogens is 288 g/mol. The zero-order chi connectivity index (χ0) is 15.2. The molecule has 1 saturated carbocycles. The first-order valence-electron chi connectivity index (χ1n) is 7.80. The van der Waals surface area contributed by atoms with E-state index in [9.17, 15) is 9.90 Å². The average Bonchev–Trinajstić information content (AvgIpc) is 2.49. The molecule has 0 radical (unpaired) electrons. The molecule has 1 aliphatic carbocycles. The van der Waals surface area contributed by atoms with E-state index < -0.39 is 12.1 Å². The van der Waals surface area contributed by atoms with Gasteiger partial charge in [-0.2, -0.15) is 0 Å². The Hall–Kier alpha value is -1.22. The lowest BCUT2D eigenvalue weighted by molar-refractivity contribution is -0.145. The van der Waals surface area contributed by atoms with Crippen LogP contribution >= 0.6 is 11.6 Å². The first-order chi connectivity index (χ1) is 10.1. The van der Waals surface area contributed by atoms with Crippen molar-refractivity contribution >= 4 is 17.6 Å². The van der Waals surface area contributed by atoms with Crippen LogP contribution in [-0.2, 0) is 4.79 Å². The Morgan fingerprint density at radius 3 is 2.71 bits per heavy atom. The second kappa shape index (κ2) is 7.69. The molecule has 21 heavy (non-hydrogen) atoms. The van der Waals surface area contributed by atoms with Crippen LogP contribution in [0, 0.1) is 0 Å². The van der Waals surface area contributed by atoms with E-state index in [2.05, 4.69) is 0 Å². The first kappa shape index (κ1) is 16.2. The fourth-order valence-electron chi connectivity index (χ4n) is 3.01. The number of hydrogen-bond donors (Lipinski definition) is 1. The summed E-state index contributed by atoms with van der Waals surface area (Å²) in [6, 6.07) is 5.53. The van der Waals surface area contributed by atoms with Crippen molar-refractivity contribution in [3.63, 3.8) is 0 Å². The highest BCUT2D eigenvalue weighted by Gasteiger charge is 2.24. The van der Waals surface area contributed by atoms with Crippen molar-refractivity contribution in [2.45, 2.75) is 63.9 Å². The van der Waals surface area contributed by atoms with E-state index in [4.69, 9.17) is 16.3 Å². The summed E-state index contributed by atoms with van der Waals surface area (Å²) in [7, 11) is 0. The molecular formula is C17H23ClO3. The van der Waals surface area contributed by atoms with Crippen LogP contribution in [0.25, 0.3) is 0 Å². The molecule has 1 atom stereocenters. The van der Waals surface area contributed by atoms with Gasteiger partial charge < -0.3 is 9.84 Å². The summed E-state index contributed by atoms with van der Waals surface area (Å²) in [6.07, 6.45) is 6.48. The summed E-state index contributed by atoms with van der Waals surface area (Å²) >= 11 is 6.12. The van der Waals surface area contributed by atoms with Gasteiger partial charge in [0.1, 0.15) is 5.75 Å². The van der Waals surface area contributed by atoms with Gasteiger partial charge in [-0.05, 0) is 48.9 Å². The van der Waals surface area contributed by atoms with Crippen molar-refractivity contribution < 1.29 is 14.6 Å². The van der Waals surface area contributed by atoms with Gasteiger partial charge in [0.25, 0.3) is 0 Å².